The first-order chi connectivity index (χ1) is 9.22. The van der Waals surface area contributed by atoms with E-state index in [0.29, 0.717) is 17.3 Å². The number of nitrogen functional groups attached to an aromatic ring is 1. The number of hydrogen-bond acceptors (Lipinski definition) is 3. The molecule has 0 fully saturated rings. The van der Waals surface area contributed by atoms with Gasteiger partial charge in [-0.3, -0.25) is 0 Å². The lowest BCUT2D eigenvalue weighted by Gasteiger charge is -2.08. The molecule has 1 aromatic heterocycles. The molecule has 1 heterocycles. The summed E-state index contributed by atoms with van der Waals surface area (Å²) >= 11 is 3.43. The molecule has 3 nitrogen and oxygen atoms in total. The predicted octanol–water partition coefficient (Wildman–Crippen LogP) is 4.37. The van der Waals surface area contributed by atoms with Gasteiger partial charge < -0.3 is 10.5 Å². The van der Waals surface area contributed by atoms with Crippen molar-refractivity contribution >= 4 is 32.5 Å². The Balaban J connectivity index is 1.98. The van der Waals surface area contributed by atoms with Crippen LogP contribution in [0.25, 0.3) is 10.9 Å². The van der Waals surface area contributed by atoms with Gasteiger partial charge in [0.2, 0.25) is 5.88 Å². The maximum Gasteiger partial charge on any atom is 0.219 e. The number of halogens is 1. The monoisotopic (exact) mass is 314 g/mol. The normalized spacial score (nSPS) is 10.6. The summed E-state index contributed by atoms with van der Waals surface area (Å²) in [6.07, 6.45) is 0. The van der Waals surface area contributed by atoms with Crippen molar-refractivity contribution in [1.29, 1.82) is 0 Å². The number of ether oxygens (including phenoxy) is 1. The van der Waals surface area contributed by atoms with E-state index in [4.69, 9.17) is 10.5 Å². The SMILES string of the molecule is Nc1ccc(Br)c(Oc2ccc3ccccc3n2)c1. The molecule has 0 bridgehead atoms. The van der Waals surface area contributed by atoms with E-state index in [-0.39, 0.29) is 0 Å². The van der Waals surface area contributed by atoms with Crippen LogP contribution in [0, 0.1) is 0 Å². The first-order valence-corrected chi connectivity index (χ1v) is 6.60. The fraction of sp³-hybridized carbons (Fsp3) is 0. The zero-order valence-corrected chi connectivity index (χ0v) is 11.6. The largest absolute Gasteiger partial charge is 0.438 e. The van der Waals surface area contributed by atoms with Gasteiger partial charge in [0.15, 0.2) is 0 Å². The second-order valence-corrected chi connectivity index (χ2v) is 4.99. The molecule has 0 aliphatic heterocycles. The molecule has 0 spiro atoms. The number of para-hydroxylation sites is 1. The molecule has 19 heavy (non-hydrogen) atoms. The maximum atomic E-state index is 5.76. The van der Waals surface area contributed by atoms with Crippen molar-refractivity contribution < 1.29 is 4.74 Å². The van der Waals surface area contributed by atoms with Crippen LogP contribution in [-0.4, -0.2) is 4.98 Å². The molecule has 0 saturated heterocycles. The van der Waals surface area contributed by atoms with Gasteiger partial charge in [-0.15, -0.1) is 0 Å². The summed E-state index contributed by atoms with van der Waals surface area (Å²) in [5, 5.41) is 1.08. The zero-order valence-electron chi connectivity index (χ0n) is 10.0. The molecule has 0 radical (unpaired) electrons. The summed E-state index contributed by atoms with van der Waals surface area (Å²) in [5.74, 6) is 1.20. The number of rotatable bonds is 2. The number of nitrogens with zero attached hydrogens (tertiary/aromatic N) is 1. The molecule has 94 valence electrons. The molecule has 2 aromatic carbocycles. The van der Waals surface area contributed by atoms with Crippen LogP contribution in [0.2, 0.25) is 0 Å². The van der Waals surface area contributed by atoms with Crippen LogP contribution in [0.3, 0.4) is 0 Å². The highest BCUT2D eigenvalue weighted by Crippen LogP contribution is 2.31. The summed E-state index contributed by atoms with van der Waals surface area (Å²) in [4.78, 5) is 4.46. The van der Waals surface area contributed by atoms with Crippen molar-refractivity contribution in [3.8, 4) is 11.6 Å². The van der Waals surface area contributed by atoms with Crippen molar-refractivity contribution in [1.82, 2.24) is 4.98 Å². The quantitative estimate of drug-likeness (QED) is 0.714. The van der Waals surface area contributed by atoms with Gasteiger partial charge in [-0.25, -0.2) is 4.98 Å². The number of fused-ring (bicyclic) bond motifs is 1. The van der Waals surface area contributed by atoms with E-state index in [1.165, 1.54) is 0 Å². The highest BCUT2D eigenvalue weighted by Gasteiger charge is 2.05. The number of pyridine rings is 1. The van der Waals surface area contributed by atoms with E-state index in [1.54, 1.807) is 6.07 Å². The Bertz CT molecular complexity index is 743. The average Bonchev–Trinajstić information content (AvgIpc) is 2.43. The van der Waals surface area contributed by atoms with Crippen molar-refractivity contribution in [2.24, 2.45) is 0 Å². The Hall–Kier alpha value is -2.07. The number of nitrogens with two attached hydrogens (primary N) is 1. The Labute approximate surface area is 119 Å². The summed E-state index contributed by atoms with van der Waals surface area (Å²) in [5.41, 5.74) is 7.31. The molecule has 0 aliphatic rings. The highest BCUT2D eigenvalue weighted by atomic mass is 79.9. The van der Waals surface area contributed by atoms with E-state index in [9.17, 15) is 0 Å². The van der Waals surface area contributed by atoms with E-state index >= 15 is 0 Å². The molecule has 2 N–H and O–H groups in total. The lowest BCUT2D eigenvalue weighted by molar-refractivity contribution is 0.462. The molecule has 0 saturated carbocycles. The second kappa shape index (κ2) is 4.90. The summed E-state index contributed by atoms with van der Waals surface area (Å²) in [7, 11) is 0. The minimum Gasteiger partial charge on any atom is -0.438 e. The van der Waals surface area contributed by atoms with E-state index in [2.05, 4.69) is 20.9 Å². The smallest absolute Gasteiger partial charge is 0.219 e. The molecule has 3 rings (SSSR count). The molecule has 0 unspecified atom stereocenters. The van der Waals surface area contributed by atoms with Gasteiger partial charge in [0, 0.05) is 23.2 Å². The number of anilines is 1. The van der Waals surface area contributed by atoms with Gasteiger partial charge in [-0.1, -0.05) is 18.2 Å². The number of hydrogen-bond donors (Lipinski definition) is 1. The molecular weight excluding hydrogens is 304 g/mol. The molecule has 0 amide bonds. The number of aromatic nitrogens is 1. The van der Waals surface area contributed by atoms with E-state index < -0.39 is 0 Å². The van der Waals surface area contributed by atoms with Gasteiger partial charge in [0.1, 0.15) is 5.75 Å². The fourth-order valence-corrected chi connectivity index (χ4v) is 2.14. The van der Waals surface area contributed by atoms with Crippen LogP contribution in [0.4, 0.5) is 5.69 Å². The topological polar surface area (TPSA) is 48.1 Å². The third-order valence-electron chi connectivity index (χ3n) is 2.74. The van der Waals surface area contributed by atoms with Gasteiger partial charge >= 0.3 is 0 Å². The van der Waals surface area contributed by atoms with E-state index in [1.807, 2.05) is 48.5 Å². The Morgan fingerprint density at radius 1 is 1.00 bits per heavy atom. The fourth-order valence-electron chi connectivity index (χ4n) is 1.82. The first kappa shape index (κ1) is 12.0. The summed E-state index contributed by atoms with van der Waals surface area (Å²) in [6, 6.07) is 17.2. The second-order valence-electron chi connectivity index (χ2n) is 4.13. The van der Waals surface area contributed by atoms with Crippen LogP contribution in [0.1, 0.15) is 0 Å². The van der Waals surface area contributed by atoms with Crippen molar-refractivity contribution in [2.75, 3.05) is 5.73 Å². The summed E-state index contributed by atoms with van der Waals surface area (Å²) < 4.78 is 6.60. The maximum absolute atomic E-state index is 5.76. The van der Waals surface area contributed by atoms with Crippen LogP contribution in [-0.2, 0) is 0 Å². The van der Waals surface area contributed by atoms with Crippen molar-refractivity contribution in [3.63, 3.8) is 0 Å². The average molecular weight is 315 g/mol. The Morgan fingerprint density at radius 2 is 1.84 bits per heavy atom. The Morgan fingerprint density at radius 3 is 2.74 bits per heavy atom. The van der Waals surface area contributed by atoms with Crippen molar-refractivity contribution in [2.45, 2.75) is 0 Å². The van der Waals surface area contributed by atoms with Gasteiger partial charge in [-0.2, -0.15) is 0 Å². The molecular formula is C15H11BrN2O. The van der Waals surface area contributed by atoms with Gasteiger partial charge in [0.25, 0.3) is 0 Å². The molecule has 3 aromatic rings. The first-order valence-electron chi connectivity index (χ1n) is 5.81. The van der Waals surface area contributed by atoms with Gasteiger partial charge in [-0.05, 0) is 40.2 Å². The highest BCUT2D eigenvalue weighted by molar-refractivity contribution is 9.10. The van der Waals surface area contributed by atoms with E-state index in [0.717, 1.165) is 15.4 Å². The summed E-state index contributed by atoms with van der Waals surface area (Å²) in [6.45, 7) is 0. The number of benzene rings is 2. The molecule has 0 atom stereocenters. The van der Waals surface area contributed by atoms with Crippen LogP contribution in [0.15, 0.2) is 59.1 Å². The van der Waals surface area contributed by atoms with Crippen LogP contribution >= 0.6 is 15.9 Å². The van der Waals surface area contributed by atoms with Crippen molar-refractivity contribution in [3.05, 3.63) is 59.1 Å². The van der Waals surface area contributed by atoms with Gasteiger partial charge in [0.05, 0.1) is 9.99 Å². The standard InChI is InChI=1S/C15H11BrN2O/c16-12-7-6-11(17)9-14(12)19-15-8-5-10-3-1-2-4-13(10)18-15/h1-9H,17H2. The third-order valence-corrected chi connectivity index (χ3v) is 3.40. The predicted molar refractivity (Wildman–Crippen MR) is 80.4 cm³/mol. The Kier molecular flexibility index (Phi) is 3.09. The minimum absolute atomic E-state index is 0.546. The third kappa shape index (κ3) is 2.53. The molecule has 0 aliphatic carbocycles. The lowest BCUT2D eigenvalue weighted by Crippen LogP contribution is -1.91. The van der Waals surface area contributed by atoms with Crippen LogP contribution in [0.5, 0.6) is 11.6 Å². The lowest BCUT2D eigenvalue weighted by atomic mass is 10.2. The minimum atomic E-state index is 0.546. The molecule has 4 heteroatoms. The zero-order chi connectivity index (χ0) is 13.2. The van der Waals surface area contributed by atoms with Crippen LogP contribution < -0.4 is 10.5 Å².